The zero-order valence-electron chi connectivity index (χ0n) is 11.2. The minimum atomic E-state index is 0.290. The average Bonchev–Trinajstić information content (AvgIpc) is 2.71. The lowest BCUT2D eigenvalue weighted by molar-refractivity contribution is 0.306. The Morgan fingerprint density at radius 3 is 2.41 bits per heavy atom. The Labute approximate surface area is 104 Å². The monoisotopic (exact) mass is 239 g/mol. The van der Waals surface area contributed by atoms with Gasteiger partial charge >= 0.3 is 0 Å². The van der Waals surface area contributed by atoms with Gasteiger partial charge in [0.15, 0.2) is 0 Å². The lowest BCUT2D eigenvalue weighted by atomic mass is 9.89. The molecule has 1 aromatic heterocycles. The lowest BCUT2D eigenvalue weighted by Gasteiger charge is -2.25. The van der Waals surface area contributed by atoms with Crippen molar-refractivity contribution < 1.29 is 0 Å². The Morgan fingerprint density at radius 1 is 1.35 bits per heavy atom. The van der Waals surface area contributed by atoms with E-state index in [2.05, 4.69) is 29.4 Å². The van der Waals surface area contributed by atoms with Gasteiger partial charge in [0.05, 0.1) is 0 Å². The van der Waals surface area contributed by atoms with Gasteiger partial charge in [0.2, 0.25) is 0 Å². The minimum Gasteiger partial charge on any atom is -0.271 e. The van der Waals surface area contributed by atoms with Crippen molar-refractivity contribution in [3.8, 4) is 0 Å². The number of hydrazine groups is 1. The number of nitrogens with two attached hydrogens (primary N) is 1. The van der Waals surface area contributed by atoms with Crippen LogP contribution in [0.15, 0.2) is 6.33 Å². The van der Waals surface area contributed by atoms with Crippen molar-refractivity contribution in [2.45, 2.75) is 52.0 Å². The number of nitrogens with one attached hydrogen (secondary N) is 1. The van der Waals surface area contributed by atoms with Crippen LogP contribution in [-0.4, -0.2) is 20.8 Å². The smallest absolute Gasteiger partial charge is 0.138 e. The normalized spacial score (nSPS) is 13.2. The van der Waals surface area contributed by atoms with Gasteiger partial charge in [-0.25, -0.2) is 4.98 Å². The van der Waals surface area contributed by atoms with Crippen LogP contribution in [-0.2, 0) is 13.5 Å². The second-order valence-electron chi connectivity index (χ2n) is 4.61. The summed E-state index contributed by atoms with van der Waals surface area (Å²) in [6.07, 6.45) is 7.25. The van der Waals surface area contributed by atoms with Gasteiger partial charge in [0.25, 0.3) is 0 Å². The van der Waals surface area contributed by atoms with Crippen molar-refractivity contribution in [2.75, 3.05) is 0 Å². The van der Waals surface area contributed by atoms with Gasteiger partial charge < -0.3 is 0 Å². The summed E-state index contributed by atoms with van der Waals surface area (Å²) < 4.78 is 1.82. The van der Waals surface area contributed by atoms with E-state index in [1.165, 1.54) is 25.7 Å². The molecule has 5 nitrogen and oxygen atoms in total. The Hall–Kier alpha value is -0.940. The standard InChI is InChI=1S/C12H25N5/c1-4-6-10(7-5-2)11(16-13)8-12-14-9-15-17(12)3/h9-11,16H,4-8,13H2,1-3H3. The molecular formula is C12H25N5. The number of hydrogen-bond donors (Lipinski definition) is 2. The third kappa shape index (κ3) is 4.09. The summed E-state index contributed by atoms with van der Waals surface area (Å²) in [5.74, 6) is 7.30. The maximum Gasteiger partial charge on any atom is 0.138 e. The van der Waals surface area contributed by atoms with Gasteiger partial charge in [0.1, 0.15) is 12.2 Å². The molecule has 3 N–H and O–H groups in total. The molecule has 1 unspecified atom stereocenters. The highest BCUT2D eigenvalue weighted by Crippen LogP contribution is 2.19. The first kappa shape index (κ1) is 14.1. The van der Waals surface area contributed by atoms with E-state index < -0.39 is 0 Å². The summed E-state index contributed by atoms with van der Waals surface area (Å²) in [5.41, 5.74) is 2.96. The molecule has 1 aromatic rings. The number of nitrogens with zero attached hydrogens (tertiary/aromatic N) is 3. The molecule has 0 amide bonds. The van der Waals surface area contributed by atoms with Gasteiger partial charge in [-0.05, 0) is 18.8 Å². The maximum absolute atomic E-state index is 5.69. The zero-order valence-corrected chi connectivity index (χ0v) is 11.2. The summed E-state index contributed by atoms with van der Waals surface area (Å²) >= 11 is 0. The van der Waals surface area contributed by atoms with E-state index in [9.17, 15) is 0 Å². The van der Waals surface area contributed by atoms with E-state index in [-0.39, 0.29) is 6.04 Å². The molecule has 0 saturated carbocycles. The van der Waals surface area contributed by atoms with E-state index in [0.29, 0.717) is 5.92 Å². The first-order valence-corrected chi connectivity index (χ1v) is 6.51. The Bertz CT molecular complexity index is 304. The molecule has 0 aliphatic heterocycles. The van der Waals surface area contributed by atoms with Crippen molar-refractivity contribution >= 4 is 0 Å². The molecule has 5 heteroatoms. The van der Waals surface area contributed by atoms with Crippen molar-refractivity contribution in [3.63, 3.8) is 0 Å². The molecule has 0 bridgehead atoms. The average molecular weight is 239 g/mol. The zero-order chi connectivity index (χ0) is 12.7. The van der Waals surface area contributed by atoms with Crippen LogP contribution < -0.4 is 11.3 Å². The van der Waals surface area contributed by atoms with Crippen molar-refractivity contribution in [1.82, 2.24) is 20.2 Å². The van der Waals surface area contributed by atoms with E-state index >= 15 is 0 Å². The van der Waals surface area contributed by atoms with Gasteiger partial charge in [-0.15, -0.1) is 0 Å². The fraction of sp³-hybridized carbons (Fsp3) is 0.833. The molecule has 0 spiro atoms. The van der Waals surface area contributed by atoms with Crippen LogP contribution in [0.2, 0.25) is 0 Å². The SMILES string of the molecule is CCCC(CCC)C(Cc1ncnn1C)NN. The molecule has 17 heavy (non-hydrogen) atoms. The van der Waals surface area contributed by atoms with Crippen LogP contribution in [0, 0.1) is 5.92 Å². The van der Waals surface area contributed by atoms with E-state index in [4.69, 9.17) is 5.84 Å². The van der Waals surface area contributed by atoms with E-state index in [1.807, 2.05) is 11.7 Å². The summed E-state index contributed by atoms with van der Waals surface area (Å²) in [4.78, 5) is 4.26. The third-order valence-corrected chi connectivity index (χ3v) is 3.31. The van der Waals surface area contributed by atoms with Crippen LogP contribution in [0.4, 0.5) is 0 Å². The highest BCUT2D eigenvalue weighted by atomic mass is 15.3. The van der Waals surface area contributed by atoms with Gasteiger partial charge in [-0.3, -0.25) is 16.0 Å². The molecule has 1 heterocycles. The van der Waals surface area contributed by atoms with E-state index in [0.717, 1.165) is 12.2 Å². The highest BCUT2D eigenvalue weighted by Gasteiger charge is 2.21. The van der Waals surface area contributed by atoms with Crippen LogP contribution in [0.5, 0.6) is 0 Å². The maximum atomic E-state index is 5.69. The molecule has 0 aliphatic carbocycles. The van der Waals surface area contributed by atoms with Crippen LogP contribution in [0.3, 0.4) is 0 Å². The lowest BCUT2D eigenvalue weighted by Crippen LogP contribution is -2.43. The van der Waals surface area contributed by atoms with Gasteiger partial charge in [-0.1, -0.05) is 26.7 Å². The molecule has 0 aromatic carbocycles. The molecule has 0 radical (unpaired) electrons. The fourth-order valence-electron chi connectivity index (χ4n) is 2.35. The molecular weight excluding hydrogens is 214 g/mol. The number of aromatic nitrogens is 3. The van der Waals surface area contributed by atoms with E-state index in [1.54, 1.807) is 6.33 Å². The predicted molar refractivity (Wildman–Crippen MR) is 69.1 cm³/mol. The first-order valence-electron chi connectivity index (χ1n) is 6.51. The first-order chi connectivity index (χ1) is 8.22. The van der Waals surface area contributed by atoms with Crippen molar-refractivity contribution in [3.05, 3.63) is 12.2 Å². The quantitative estimate of drug-likeness (QED) is 0.531. The topological polar surface area (TPSA) is 68.8 Å². The predicted octanol–water partition coefficient (Wildman–Crippen LogP) is 1.41. The Morgan fingerprint density at radius 2 is 2.00 bits per heavy atom. The largest absolute Gasteiger partial charge is 0.271 e. The van der Waals surface area contributed by atoms with Crippen LogP contribution >= 0.6 is 0 Å². The number of aryl methyl sites for hydroxylation is 1. The van der Waals surface area contributed by atoms with Crippen LogP contribution in [0.25, 0.3) is 0 Å². The Balaban J connectivity index is 2.64. The van der Waals surface area contributed by atoms with Crippen LogP contribution in [0.1, 0.15) is 45.4 Å². The Kier molecular flexibility index (Phi) is 6.15. The summed E-state index contributed by atoms with van der Waals surface area (Å²) in [6.45, 7) is 4.44. The van der Waals surface area contributed by atoms with Crippen molar-refractivity contribution in [1.29, 1.82) is 0 Å². The van der Waals surface area contributed by atoms with Crippen molar-refractivity contribution in [2.24, 2.45) is 18.8 Å². The number of hydrogen-bond acceptors (Lipinski definition) is 4. The molecule has 0 aliphatic rings. The second kappa shape index (κ2) is 7.40. The summed E-state index contributed by atoms with van der Waals surface area (Å²) in [5, 5.41) is 4.09. The second-order valence-corrected chi connectivity index (χ2v) is 4.61. The molecule has 0 fully saturated rings. The molecule has 1 atom stereocenters. The highest BCUT2D eigenvalue weighted by molar-refractivity contribution is 4.90. The molecule has 1 rings (SSSR count). The minimum absolute atomic E-state index is 0.290. The summed E-state index contributed by atoms with van der Waals surface area (Å²) in [7, 11) is 1.92. The third-order valence-electron chi connectivity index (χ3n) is 3.31. The molecule has 98 valence electrons. The van der Waals surface area contributed by atoms with Gasteiger partial charge in [-0.2, -0.15) is 5.10 Å². The fourth-order valence-corrected chi connectivity index (χ4v) is 2.35. The summed E-state index contributed by atoms with van der Waals surface area (Å²) in [6, 6.07) is 0.290. The molecule has 0 saturated heterocycles. The number of rotatable bonds is 8. The van der Waals surface area contributed by atoms with Gasteiger partial charge in [0, 0.05) is 19.5 Å².